The summed E-state index contributed by atoms with van der Waals surface area (Å²) >= 11 is 0. The first-order chi connectivity index (χ1) is 12.0. The minimum absolute atomic E-state index is 0.0220. The van der Waals surface area contributed by atoms with Crippen molar-refractivity contribution in [1.82, 2.24) is 9.80 Å². The first-order valence-electron chi connectivity index (χ1n) is 8.92. The molecule has 0 spiro atoms. The number of piperazine rings is 1. The SMILES string of the molecule is Cc1ccccc1OC(C)C(=O)N1CCN(CCCCC(=O)O)CC1. The molecule has 25 heavy (non-hydrogen) atoms. The Labute approximate surface area is 149 Å². The molecule has 1 N–H and O–H groups in total. The second-order valence-electron chi connectivity index (χ2n) is 6.54. The van der Waals surface area contributed by atoms with Crippen LogP contribution < -0.4 is 4.74 Å². The minimum atomic E-state index is -0.738. The summed E-state index contributed by atoms with van der Waals surface area (Å²) in [5.41, 5.74) is 1.02. The predicted molar refractivity (Wildman–Crippen MR) is 95.8 cm³/mol. The molecule has 6 heteroatoms. The number of carbonyl (C=O) groups excluding carboxylic acids is 1. The van der Waals surface area contributed by atoms with Crippen molar-refractivity contribution >= 4 is 11.9 Å². The molecule has 1 atom stereocenters. The number of ether oxygens (including phenoxy) is 1. The van der Waals surface area contributed by atoms with E-state index < -0.39 is 12.1 Å². The molecular formula is C19H28N2O4. The van der Waals surface area contributed by atoms with Crippen molar-refractivity contribution in [2.75, 3.05) is 32.7 Å². The van der Waals surface area contributed by atoms with Crippen LogP contribution in [0.25, 0.3) is 0 Å². The van der Waals surface area contributed by atoms with Gasteiger partial charge in [-0.25, -0.2) is 0 Å². The monoisotopic (exact) mass is 348 g/mol. The van der Waals surface area contributed by atoms with Gasteiger partial charge in [0.25, 0.3) is 5.91 Å². The van der Waals surface area contributed by atoms with E-state index in [2.05, 4.69) is 4.90 Å². The first kappa shape index (κ1) is 19.2. The van der Waals surface area contributed by atoms with E-state index in [9.17, 15) is 9.59 Å². The van der Waals surface area contributed by atoms with Gasteiger partial charge in [0.1, 0.15) is 5.75 Å². The summed E-state index contributed by atoms with van der Waals surface area (Å²) in [5, 5.41) is 8.65. The van der Waals surface area contributed by atoms with Gasteiger partial charge in [-0.3, -0.25) is 14.5 Å². The Kier molecular flexibility index (Phi) is 7.25. The van der Waals surface area contributed by atoms with E-state index in [1.807, 2.05) is 36.1 Å². The average Bonchev–Trinajstić information content (AvgIpc) is 2.60. The number of carboxylic acids is 1. The number of carbonyl (C=O) groups is 2. The molecule has 2 rings (SSSR count). The van der Waals surface area contributed by atoms with Gasteiger partial charge >= 0.3 is 5.97 Å². The molecule has 1 fully saturated rings. The summed E-state index contributed by atoms with van der Waals surface area (Å²) in [4.78, 5) is 27.2. The van der Waals surface area contributed by atoms with Gasteiger partial charge in [-0.05, 0) is 44.9 Å². The summed E-state index contributed by atoms with van der Waals surface area (Å²) < 4.78 is 5.83. The average molecular weight is 348 g/mol. The highest BCUT2D eigenvalue weighted by Crippen LogP contribution is 2.18. The van der Waals surface area contributed by atoms with Gasteiger partial charge in [0.05, 0.1) is 0 Å². The van der Waals surface area contributed by atoms with Crippen LogP contribution in [-0.2, 0) is 9.59 Å². The molecule has 1 saturated heterocycles. The van der Waals surface area contributed by atoms with Crippen LogP contribution in [0.15, 0.2) is 24.3 Å². The molecule has 1 aliphatic rings. The number of hydrogen-bond donors (Lipinski definition) is 1. The lowest BCUT2D eigenvalue weighted by Crippen LogP contribution is -2.52. The van der Waals surface area contributed by atoms with Crippen LogP contribution in [-0.4, -0.2) is 65.6 Å². The lowest BCUT2D eigenvalue weighted by molar-refractivity contribution is -0.140. The van der Waals surface area contributed by atoms with Crippen LogP contribution in [0.3, 0.4) is 0 Å². The van der Waals surface area contributed by atoms with Crippen molar-refractivity contribution in [3.8, 4) is 5.75 Å². The number of benzene rings is 1. The zero-order chi connectivity index (χ0) is 18.2. The number of para-hydroxylation sites is 1. The Bertz CT molecular complexity index is 583. The van der Waals surface area contributed by atoms with Crippen LogP contribution in [0.1, 0.15) is 31.7 Å². The van der Waals surface area contributed by atoms with Crippen LogP contribution in [0, 0.1) is 6.92 Å². The second kappa shape index (κ2) is 9.42. The molecule has 0 radical (unpaired) electrons. The lowest BCUT2D eigenvalue weighted by atomic mass is 10.2. The third kappa shape index (κ3) is 6.05. The largest absolute Gasteiger partial charge is 0.481 e. The zero-order valence-electron chi connectivity index (χ0n) is 15.1. The Balaban J connectivity index is 1.73. The smallest absolute Gasteiger partial charge is 0.303 e. The van der Waals surface area contributed by atoms with Crippen molar-refractivity contribution in [2.24, 2.45) is 0 Å². The van der Waals surface area contributed by atoms with Gasteiger partial charge in [0.15, 0.2) is 6.10 Å². The predicted octanol–water partition coefficient (Wildman–Crippen LogP) is 2.16. The van der Waals surface area contributed by atoms with E-state index in [1.54, 1.807) is 6.92 Å². The molecule has 1 aromatic carbocycles. The number of aryl methyl sites for hydroxylation is 1. The molecule has 0 saturated carbocycles. The van der Waals surface area contributed by atoms with Crippen LogP contribution >= 0.6 is 0 Å². The van der Waals surface area contributed by atoms with Crippen molar-refractivity contribution in [1.29, 1.82) is 0 Å². The minimum Gasteiger partial charge on any atom is -0.481 e. The van der Waals surface area contributed by atoms with E-state index in [1.165, 1.54) is 0 Å². The molecule has 0 bridgehead atoms. The third-order valence-electron chi connectivity index (χ3n) is 4.54. The maximum atomic E-state index is 12.6. The number of nitrogens with zero attached hydrogens (tertiary/aromatic N) is 2. The number of amides is 1. The van der Waals surface area contributed by atoms with Crippen molar-refractivity contribution in [3.63, 3.8) is 0 Å². The lowest BCUT2D eigenvalue weighted by Gasteiger charge is -2.36. The third-order valence-corrected chi connectivity index (χ3v) is 4.54. The molecule has 1 unspecified atom stereocenters. The standard InChI is InChI=1S/C19H28N2O4/c1-15-7-3-4-8-17(15)25-16(2)19(24)21-13-11-20(12-14-21)10-6-5-9-18(22)23/h3-4,7-8,16H,5-6,9-14H2,1-2H3,(H,22,23). The van der Waals surface area contributed by atoms with E-state index in [4.69, 9.17) is 9.84 Å². The molecule has 0 aliphatic carbocycles. The number of rotatable bonds is 8. The Morgan fingerprint density at radius 2 is 1.84 bits per heavy atom. The quantitative estimate of drug-likeness (QED) is 0.729. The summed E-state index contributed by atoms with van der Waals surface area (Å²) in [6, 6.07) is 7.71. The van der Waals surface area contributed by atoms with Gasteiger partial charge < -0.3 is 14.7 Å². The van der Waals surface area contributed by atoms with Crippen molar-refractivity contribution in [3.05, 3.63) is 29.8 Å². The fourth-order valence-electron chi connectivity index (χ4n) is 2.99. The topological polar surface area (TPSA) is 70.1 Å². The fourth-order valence-corrected chi connectivity index (χ4v) is 2.99. The summed E-state index contributed by atoms with van der Waals surface area (Å²) in [6.07, 6.45) is 1.32. The van der Waals surface area contributed by atoms with Crippen LogP contribution in [0.4, 0.5) is 0 Å². The molecule has 6 nitrogen and oxygen atoms in total. The Hall–Kier alpha value is -2.08. The molecule has 1 aliphatic heterocycles. The normalized spacial score (nSPS) is 16.5. The molecule has 1 amide bonds. The van der Waals surface area contributed by atoms with Gasteiger partial charge in [0, 0.05) is 32.6 Å². The van der Waals surface area contributed by atoms with E-state index in [-0.39, 0.29) is 12.3 Å². The first-order valence-corrected chi connectivity index (χ1v) is 8.92. The van der Waals surface area contributed by atoms with E-state index >= 15 is 0 Å². The van der Waals surface area contributed by atoms with Crippen molar-refractivity contribution < 1.29 is 19.4 Å². The fraction of sp³-hybridized carbons (Fsp3) is 0.579. The van der Waals surface area contributed by atoms with Crippen LogP contribution in [0.5, 0.6) is 5.75 Å². The summed E-state index contributed by atoms with van der Waals surface area (Å²) in [5.74, 6) is 0.0345. The second-order valence-corrected chi connectivity index (χ2v) is 6.54. The van der Waals surface area contributed by atoms with Gasteiger partial charge in [-0.1, -0.05) is 18.2 Å². The molecule has 1 aromatic rings. The number of hydrogen-bond acceptors (Lipinski definition) is 4. The Morgan fingerprint density at radius 1 is 1.16 bits per heavy atom. The Morgan fingerprint density at radius 3 is 2.48 bits per heavy atom. The maximum Gasteiger partial charge on any atom is 0.303 e. The van der Waals surface area contributed by atoms with Crippen molar-refractivity contribution in [2.45, 2.75) is 39.2 Å². The highest BCUT2D eigenvalue weighted by atomic mass is 16.5. The molecular weight excluding hydrogens is 320 g/mol. The molecule has 138 valence electrons. The van der Waals surface area contributed by atoms with Gasteiger partial charge in [-0.15, -0.1) is 0 Å². The van der Waals surface area contributed by atoms with Crippen LogP contribution in [0.2, 0.25) is 0 Å². The zero-order valence-corrected chi connectivity index (χ0v) is 15.1. The number of unbranched alkanes of at least 4 members (excludes halogenated alkanes) is 1. The summed E-state index contributed by atoms with van der Waals surface area (Å²) in [7, 11) is 0. The molecule has 0 aromatic heterocycles. The number of carboxylic acid groups (broad SMARTS) is 1. The van der Waals surface area contributed by atoms with Gasteiger partial charge in [0.2, 0.25) is 0 Å². The molecule has 1 heterocycles. The maximum absolute atomic E-state index is 12.6. The number of aliphatic carboxylic acids is 1. The van der Waals surface area contributed by atoms with Gasteiger partial charge in [-0.2, -0.15) is 0 Å². The highest BCUT2D eigenvalue weighted by molar-refractivity contribution is 5.81. The van der Waals surface area contributed by atoms with E-state index in [0.717, 1.165) is 37.4 Å². The van der Waals surface area contributed by atoms with E-state index in [0.29, 0.717) is 19.5 Å². The summed E-state index contributed by atoms with van der Waals surface area (Å²) in [6.45, 7) is 7.71. The highest BCUT2D eigenvalue weighted by Gasteiger charge is 2.26.